The summed E-state index contributed by atoms with van der Waals surface area (Å²) in [6.07, 6.45) is 1.87. The molecule has 17 heavy (non-hydrogen) atoms. The van der Waals surface area contributed by atoms with Gasteiger partial charge in [-0.05, 0) is 25.1 Å². The molecule has 0 spiro atoms. The lowest BCUT2D eigenvalue weighted by Gasteiger charge is -2.07. The van der Waals surface area contributed by atoms with E-state index >= 15 is 0 Å². The number of para-hydroxylation sites is 1. The topological polar surface area (TPSA) is 53.6 Å². The fraction of sp³-hybridized carbons (Fsp3) is 0.0769. The highest BCUT2D eigenvalue weighted by atomic mass is 15.1. The molecule has 2 heterocycles. The Morgan fingerprint density at radius 3 is 2.71 bits per heavy atom. The summed E-state index contributed by atoms with van der Waals surface area (Å²) in [5.74, 6) is 1.58. The molecule has 1 aromatic carbocycles. The molecule has 0 bridgehead atoms. The lowest BCUT2D eigenvalue weighted by atomic mass is 10.3. The van der Waals surface area contributed by atoms with Crippen molar-refractivity contribution in [3.05, 3.63) is 48.4 Å². The van der Waals surface area contributed by atoms with Crippen LogP contribution in [0.25, 0.3) is 11.0 Å². The fourth-order valence-electron chi connectivity index (χ4n) is 1.81. The summed E-state index contributed by atoms with van der Waals surface area (Å²) in [4.78, 5) is 11.9. The molecule has 0 saturated carbocycles. The van der Waals surface area contributed by atoms with Crippen molar-refractivity contribution in [2.45, 2.75) is 6.92 Å². The lowest BCUT2D eigenvalue weighted by Crippen LogP contribution is -1.97. The van der Waals surface area contributed by atoms with Crippen LogP contribution in [0.3, 0.4) is 0 Å². The summed E-state index contributed by atoms with van der Waals surface area (Å²) in [7, 11) is 0. The molecule has 3 aromatic rings. The second-order valence-corrected chi connectivity index (χ2v) is 3.85. The van der Waals surface area contributed by atoms with E-state index in [0.29, 0.717) is 0 Å². The molecule has 0 saturated heterocycles. The first kappa shape index (κ1) is 9.84. The summed E-state index contributed by atoms with van der Waals surface area (Å²) < 4.78 is 0. The van der Waals surface area contributed by atoms with Crippen LogP contribution in [0, 0.1) is 6.92 Å². The molecule has 0 fully saturated rings. The number of H-pyrrole nitrogens is 1. The third-order valence-corrected chi connectivity index (χ3v) is 2.56. The maximum absolute atomic E-state index is 4.43. The number of nitrogens with one attached hydrogen (secondary N) is 2. The summed E-state index contributed by atoms with van der Waals surface area (Å²) >= 11 is 0. The van der Waals surface area contributed by atoms with Crippen molar-refractivity contribution in [3.63, 3.8) is 0 Å². The highest BCUT2D eigenvalue weighted by Gasteiger charge is 2.06. The van der Waals surface area contributed by atoms with Crippen LogP contribution in [-0.2, 0) is 0 Å². The van der Waals surface area contributed by atoms with Crippen LogP contribution in [0.5, 0.6) is 0 Å². The molecule has 0 aliphatic carbocycles. The van der Waals surface area contributed by atoms with Crippen molar-refractivity contribution < 1.29 is 0 Å². The van der Waals surface area contributed by atoms with Crippen LogP contribution in [-0.4, -0.2) is 15.0 Å². The summed E-state index contributed by atoms with van der Waals surface area (Å²) in [5, 5.41) is 4.30. The number of rotatable bonds is 2. The fourth-order valence-corrected chi connectivity index (χ4v) is 1.81. The average Bonchev–Trinajstić information content (AvgIpc) is 2.78. The summed E-state index contributed by atoms with van der Waals surface area (Å²) in [5.41, 5.74) is 1.88. The molecule has 2 N–H and O–H groups in total. The third kappa shape index (κ3) is 1.85. The zero-order chi connectivity index (χ0) is 11.7. The summed E-state index contributed by atoms with van der Waals surface area (Å²) in [6.45, 7) is 1.89. The number of aromatic amines is 1. The standard InChI is InChI=1S/C13H12N4/c1-9-15-12-11(7-8-14-12)13(16-9)17-10-5-3-2-4-6-10/h2-8H,1H3,(H2,14,15,16,17). The van der Waals surface area contributed by atoms with Gasteiger partial charge in [-0.15, -0.1) is 0 Å². The van der Waals surface area contributed by atoms with Gasteiger partial charge in [-0.3, -0.25) is 0 Å². The maximum atomic E-state index is 4.43. The number of nitrogens with zero attached hydrogens (tertiary/aromatic N) is 2. The van der Waals surface area contributed by atoms with Crippen molar-refractivity contribution in [2.75, 3.05) is 5.32 Å². The molecule has 0 aliphatic rings. The number of fused-ring (bicyclic) bond motifs is 1. The molecule has 84 valence electrons. The Labute approximate surface area is 98.7 Å². The van der Waals surface area contributed by atoms with E-state index < -0.39 is 0 Å². The van der Waals surface area contributed by atoms with Gasteiger partial charge >= 0.3 is 0 Å². The molecule has 0 aliphatic heterocycles. The zero-order valence-electron chi connectivity index (χ0n) is 9.44. The first-order chi connectivity index (χ1) is 8.33. The van der Waals surface area contributed by atoms with E-state index in [1.165, 1.54) is 0 Å². The van der Waals surface area contributed by atoms with E-state index in [1.54, 1.807) is 0 Å². The number of aryl methyl sites for hydroxylation is 1. The van der Waals surface area contributed by atoms with Crippen LogP contribution < -0.4 is 5.32 Å². The van der Waals surface area contributed by atoms with E-state index in [4.69, 9.17) is 0 Å². The van der Waals surface area contributed by atoms with Gasteiger partial charge in [0.2, 0.25) is 0 Å². The highest BCUT2D eigenvalue weighted by molar-refractivity contribution is 5.88. The van der Waals surface area contributed by atoms with Gasteiger partial charge in [0.25, 0.3) is 0 Å². The van der Waals surface area contributed by atoms with Crippen molar-refractivity contribution in [3.8, 4) is 0 Å². The van der Waals surface area contributed by atoms with Crippen LogP contribution in [0.1, 0.15) is 5.82 Å². The number of hydrogen-bond donors (Lipinski definition) is 2. The lowest BCUT2D eigenvalue weighted by molar-refractivity contribution is 1.08. The van der Waals surface area contributed by atoms with Gasteiger partial charge in [0, 0.05) is 11.9 Å². The molecular formula is C13H12N4. The normalized spacial score (nSPS) is 10.6. The molecule has 4 heteroatoms. The Morgan fingerprint density at radius 2 is 1.88 bits per heavy atom. The number of hydrogen-bond acceptors (Lipinski definition) is 3. The maximum Gasteiger partial charge on any atom is 0.143 e. The molecule has 0 atom stereocenters. The first-order valence-electron chi connectivity index (χ1n) is 5.47. The van der Waals surface area contributed by atoms with Crippen molar-refractivity contribution >= 4 is 22.5 Å². The van der Waals surface area contributed by atoms with Crippen molar-refractivity contribution in [1.29, 1.82) is 0 Å². The predicted octanol–water partition coefficient (Wildman–Crippen LogP) is 3.01. The minimum absolute atomic E-state index is 0.749. The van der Waals surface area contributed by atoms with E-state index in [0.717, 1.165) is 28.4 Å². The molecular weight excluding hydrogens is 212 g/mol. The summed E-state index contributed by atoms with van der Waals surface area (Å²) in [6, 6.07) is 12.0. The van der Waals surface area contributed by atoms with Crippen molar-refractivity contribution in [2.24, 2.45) is 0 Å². The monoisotopic (exact) mass is 224 g/mol. The predicted molar refractivity (Wildman–Crippen MR) is 68.4 cm³/mol. The second-order valence-electron chi connectivity index (χ2n) is 3.85. The van der Waals surface area contributed by atoms with Gasteiger partial charge in [-0.1, -0.05) is 18.2 Å². The molecule has 0 radical (unpaired) electrons. The minimum atomic E-state index is 0.749. The first-order valence-corrected chi connectivity index (χ1v) is 5.47. The quantitative estimate of drug-likeness (QED) is 0.703. The highest BCUT2D eigenvalue weighted by Crippen LogP contribution is 2.22. The Balaban J connectivity index is 2.08. The largest absolute Gasteiger partial charge is 0.346 e. The molecule has 0 amide bonds. The van der Waals surface area contributed by atoms with Gasteiger partial charge in [-0.2, -0.15) is 0 Å². The number of benzene rings is 1. The Kier molecular flexibility index (Phi) is 2.26. The minimum Gasteiger partial charge on any atom is -0.346 e. The van der Waals surface area contributed by atoms with E-state index in [2.05, 4.69) is 20.3 Å². The second kappa shape index (κ2) is 3.90. The Morgan fingerprint density at radius 1 is 1.06 bits per heavy atom. The van der Waals surface area contributed by atoms with Crippen LogP contribution in [0.15, 0.2) is 42.6 Å². The number of anilines is 2. The smallest absolute Gasteiger partial charge is 0.143 e. The van der Waals surface area contributed by atoms with Crippen molar-refractivity contribution in [1.82, 2.24) is 15.0 Å². The SMILES string of the molecule is Cc1nc(Nc2ccccc2)c2cc[nH]c2n1. The average molecular weight is 224 g/mol. The third-order valence-electron chi connectivity index (χ3n) is 2.56. The zero-order valence-corrected chi connectivity index (χ0v) is 9.44. The van der Waals surface area contributed by atoms with E-state index in [1.807, 2.05) is 49.5 Å². The van der Waals surface area contributed by atoms with E-state index in [-0.39, 0.29) is 0 Å². The number of aromatic nitrogens is 3. The molecule has 2 aromatic heterocycles. The van der Waals surface area contributed by atoms with Gasteiger partial charge < -0.3 is 10.3 Å². The van der Waals surface area contributed by atoms with Gasteiger partial charge in [0.1, 0.15) is 17.3 Å². The van der Waals surface area contributed by atoms with E-state index in [9.17, 15) is 0 Å². The van der Waals surface area contributed by atoms with Crippen LogP contribution >= 0.6 is 0 Å². The molecule has 4 nitrogen and oxygen atoms in total. The van der Waals surface area contributed by atoms with Crippen LogP contribution in [0.2, 0.25) is 0 Å². The molecule has 3 rings (SSSR count). The van der Waals surface area contributed by atoms with Crippen LogP contribution in [0.4, 0.5) is 11.5 Å². The Hall–Kier alpha value is -2.36. The molecule has 0 unspecified atom stereocenters. The van der Waals surface area contributed by atoms with Gasteiger partial charge in [0.05, 0.1) is 5.39 Å². The van der Waals surface area contributed by atoms with Gasteiger partial charge in [-0.25, -0.2) is 9.97 Å². The Bertz CT molecular complexity index is 643. The van der Waals surface area contributed by atoms with Gasteiger partial charge in [0.15, 0.2) is 0 Å².